The second kappa shape index (κ2) is 8.37. The molecule has 0 aliphatic heterocycles. The second-order valence-electron chi connectivity index (χ2n) is 7.77. The molecule has 0 bridgehead atoms. The lowest BCUT2D eigenvalue weighted by Gasteiger charge is -2.10. The summed E-state index contributed by atoms with van der Waals surface area (Å²) in [5.41, 5.74) is 5.27. The average molecular weight is 435 g/mol. The fourth-order valence-electron chi connectivity index (χ4n) is 3.76. The van der Waals surface area contributed by atoms with Crippen LogP contribution in [0.15, 0.2) is 48.5 Å². The molecule has 2 heterocycles. The van der Waals surface area contributed by atoms with Crippen molar-refractivity contribution in [3.8, 4) is 11.4 Å². The third kappa shape index (κ3) is 4.16. The van der Waals surface area contributed by atoms with Gasteiger partial charge in [-0.15, -0.1) is 0 Å². The monoisotopic (exact) mass is 435 g/mol. The van der Waals surface area contributed by atoms with Gasteiger partial charge < -0.3 is 5.32 Å². The van der Waals surface area contributed by atoms with E-state index in [1.807, 2.05) is 33.8 Å². The molecule has 0 aliphatic rings. The first-order chi connectivity index (χ1) is 15.2. The van der Waals surface area contributed by atoms with Crippen LogP contribution in [-0.2, 0) is 11.2 Å². The molecule has 0 unspecified atom stereocenters. The number of carbonyl (C=O) groups is 1. The SMILES string of the molecule is Cc1cc(C)n(-c2ccc(NC(=O)Cc3c(C)nn(-c4ccc(F)cc4)c3C)cc2F)n1. The largest absolute Gasteiger partial charge is 0.326 e. The quantitative estimate of drug-likeness (QED) is 0.492. The maximum Gasteiger partial charge on any atom is 0.228 e. The molecule has 0 atom stereocenters. The van der Waals surface area contributed by atoms with Gasteiger partial charge in [0.2, 0.25) is 5.91 Å². The van der Waals surface area contributed by atoms with Crippen molar-refractivity contribution in [2.45, 2.75) is 34.1 Å². The molecule has 0 aliphatic carbocycles. The molecule has 0 fully saturated rings. The van der Waals surface area contributed by atoms with Crippen LogP contribution < -0.4 is 5.32 Å². The average Bonchev–Trinajstić information content (AvgIpc) is 3.21. The van der Waals surface area contributed by atoms with Gasteiger partial charge in [-0.05, 0) is 76.2 Å². The summed E-state index contributed by atoms with van der Waals surface area (Å²) in [7, 11) is 0. The second-order valence-corrected chi connectivity index (χ2v) is 7.77. The first-order valence-corrected chi connectivity index (χ1v) is 10.2. The van der Waals surface area contributed by atoms with E-state index in [4.69, 9.17) is 0 Å². The molecule has 32 heavy (non-hydrogen) atoms. The number of hydrogen-bond acceptors (Lipinski definition) is 3. The number of nitrogens with zero attached hydrogens (tertiary/aromatic N) is 4. The first kappa shape index (κ1) is 21.4. The van der Waals surface area contributed by atoms with E-state index in [0.29, 0.717) is 22.8 Å². The standard InChI is InChI=1S/C24H23F2N5O/c1-14-11-15(2)30(28-14)23-10-7-19(12-22(23)26)27-24(32)13-21-16(3)29-31(17(21)4)20-8-5-18(25)6-9-20/h5-12H,13H2,1-4H3,(H,27,32). The summed E-state index contributed by atoms with van der Waals surface area (Å²) >= 11 is 0. The van der Waals surface area contributed by atoms with E-state index in [0.717, 1.165) is 22.6 Å². The topological polar surface area (TPSA) is 64.7 Å². The van der Waals surface area contributed by atoms with Crippen LogP contribution in [-0.4, -0.2) is 25.5 Å². The van der Waals surface area contributed by atoms with E-state index >= 15 is 0 Å². The van der Waals surface area contributed by atoms with Crippen molar-refractivity contribution in [2.75, 3.05) is 5.32 Å². The fourth-order valence-corrected chi connectivity index (χ4v) is 3.76. The summed E-state index contributed by atoms with van der Waals surface area (Å²) in [6.45, 7) is 7.37. The number of amides is 1. The summed E-state index contributed by atoms with van der Waals surface area (Å²) in [6, 6.07) is 12.4. The van der Waals surface area contributed by atoms with E-state index in [1.165, 1.54) is 22.9 Å². The Morgan fingerprint density at radius 3 is 2.28 bits per heavy atom. The Morgan fingerprint density at radius 2 is 1.66 bits per heavy atom. The van der Waals surface area contributed by atoms with Crippen LogP contribution in [0.2, 0.25) is 0 Å². The van der Waals surface area contributed by atoms with Gasteiger partial charge in [0, 0.05) is 22.6 Å². The highest BCUT2D eigenvalue weighted by Gasteiger charge is 2.17. The van der Waals surface area contributed by atoms with Gasteiger partial charge in [-0.25, -0.2) is 18.1 Å². The number of aryl methyl sites for hydroxylation is 3. The Balaban J connectivity index is 1.51. The molecule has 0 radical (unpaired) electrons. The summed E-state index contributed by atoms with van der Waals surface area (Å²) in [5, 5.41) is 11.5. The van der Waals surface area contributed by atoms with Gasteiger partial charge in [-0.1, -0.05) is 0 Å². The molecule has 1 N–H and O–H groups in total. The number of anilines is 1. The minimum absolute atomic E-state index is 0.0830. The fraction of sp³-hybridized carbons (Fsp3) is 0.208. The molecule has 4 aromatic rings. The van der Waals surface area contributed by atoms with Gasteiger partial charge >= 0.3 is 0 Å². The number of nitrogens with one attached hydrogen (secondary N) is 1. The number of benzene rings is 2. The van der Waals surface area contributed by atoms with E-state index in [9.17, 15) is 13.6 Å². The smallest absolute Gasteiger partial charge is 0.228 e. The predicted octanol–water partition coefficient (Wildman–Crippen LogP) is 4.75. The predicted molar refractivity (Wildman–Crippen MR) is 118 cm³/mol. The molecule has 0 saturated carbocycles. The van der Waals surface area contributed by atoms with Crippen molar-refractivity contribution in [3.63, 3.8) is 0 Å². The van der Waals surface area contributed by atoms with Gasteiger partial charge in [0.05, 0.1) is 23.5 Å². The Kier molecular flexibility index (Phi) is 5.61. The molecule has 6 nitrogen and oxygen atoms in total. The van der Waals surface area contributed by atoms with Crippen molar-refractivity contribution < 1.29 is 13.6 Å². The van der Waals surface area contributed by atoms with Gasteiger partial charge in [0.15, 0.2) is 5.82 Å². The maximum absolute atomic E-state index is 14.7. The molecule has 8 heteroatoms. The van der Waals surface area contributed by atoms with Gasteiger partial charge in [-0.3, -0.25) is 4.79 Å². The molecular formula is C24H23F2N5O. The van der Waals surface area contributed by atoms with Crippen LogP contribution in [0, 0.1) is 39.3 Å². The zero-order valence-corrected chi connectivity index (χ0v) is 18.3. The number of hydrogen-bond donors (Lipinski definition) is 1. The van der Waals surface area contributed by atoms with Gasteiger partial charge in [0.25, 0.3) is 0 Å². The lowest BCUT2D eigenvalue weighted by molar-refractivity contribution is -0.115. The van der Waals surface area contributed by atoms with Crippen LogP contribution in [0.25, 0.3) is 11.4 Å². The van der Waals surface area contributed by atoms with Crippen molar-refractivity contribution in [1.29, 1.82) is 0 Å². The number of aromatic nitrogens is 4. The zero-order valence-electron chi connectivity index (χ0n) is 18.3. The minimum Gasteiger partial charge on any atom is -0.326 e. The first-order valence-electron chi connectivity index (χ1n) is 10.2. The van der Waals surface area contributed by atoms with Crippen LogP contribution in [0.5, 0.6) is 0 Å². The van der Waals surface area contributed by atoms with E-state index < -0.39 is 5.82 Å². The lowest BCUT2D eigenvalue weighted by Crippen LogP contribution is -2.16. The summed E-state index contributed by atoms with van der Waals surface area (Å²) in [4.78, 5) is 12.7. The molecule has 164 valence electrons. The zero-order chi connectivity index (χ0) is 23.0. The van der Waals surface area contributed by atoms with Gasteiger partial charge in [-0.2, -0.15) is 10.2 Å². The minimum atomic E-state index is -0.481. The molecular weight excluding hydrogens is 412 g/mol. The molecule has 0 saturated heterocycles. The van der Waals surface area contributed by atoms with E-state index in [-0.39, 0.29) is 18.1 Å². The van der Waals surface area contributed by atoms with Crippen molar-refractivity contribution >= 4 is 11.6 Å². The molecule has 2 aromatic heterocycles. The van der Waals surface area contributed by atoms with Crippen molar-refractivity contribution in [2.24, 2.45) is 0 Å². The number of halogens is 2. The molecule has 4 rings (SSSR count). The molecule has 1 amide bonds. The Labute approximate surface area is 184 Å². The number of rotatable bonds is 5. The Morgan fingerprint density at radius 1 is 0.938 bits per heavy atom. The molecule has 2 aromatic carbocycles. The summed E-state index contributed by atoms with van der Waals surface area (Å²) in [6.07, 6.45) is 0.0830. The third-order valence-electron chi connectivity index (χ3n) is 5.32. The van der Waals surface area contributed by atoms with Crippen molar-refractivity contribution in [1.82, 2.24) is 19.6 Å². The van der Waals surface area contributed by atoms with Crippen LogP contribution in [0.1, 0.15) is 28.3 Å². The highest BCUT2D eigenvalue weighted by Crippen LogP contribution is 2.22. The summed E-state index contributed by atoms with van der Waals surface area (Å²) in [5.74, 6) is -1.09. The summed E-state index contributed by atoms with van der Waals surface area (Å²) < 4.78 is 31.1. The Bertz CT molecular complexity index is 1300. The van der Waals surface area contributed by atoms with Crippen LogP contribution in [0.4, 0.5) is 14.5 Å². The third-order valence-corrected chi connectivity index (χ3v) is 5.32. The van der Waals surface area contributed by atoms with Crippen LogP contribution >= 0.6 is 0 Å². The normalized spacial score (nSPS) is 11.1. The van der Waals surface area contributed by atoms with Crippen molar-refractivity contribution in [3.05, 3.63) is 88.5 Å². The molecule has 0 spiro atoms. The van der Waals surface area contributed by atoms with Gasteiger partial charge in [0.1, 0.15) is 11.5 Å². The lowest BCUT2D eigenvalue weighted by atomic mass is 10.1. The highest BCUT2D eigenvalue weighted by atomic mass is 19.1. The Hall–Kier alpha value is -3.81. The van der Waals surface area contributed by atoms with Crippen LogP contribution in [0.3, 0.4) is 0 Å². The van der Waals surface area contributed by atoms with E-state index in [1.54, 1.807) is 28.9 Å². The maximum atomic E-state index is 14.7. The number of carbonyl (C=O) groups excluding carboxylic acids is 1. The van der Waals surface area contributed by atoms with E-state index in [2.05, 4.69) is 15.5 Å². The highest BCUT2D eigenvalue weighted by molar-refractivity contribution is 5.92.